The first kappa shape index (κ1) is 14.4. The highest BCUT2D eigenvalue weighted by Gasteiger charge is 2.06. The van der Waals surface area contributed by atoms with Crippen molar-refractivity contribution in [2.24, 2.45) is 0 Å². The first-order valence-electron chi connectivity index (χ1n) is 6.47. The van der Waals surface area contributed by atoms with Gasteiger partial charge < -0.3 is 14.8 Å². The van der Waals surface area contributed by atoms with Crippen LogP contribution in [0.4, 0.5) is 0 Å². The molecule has 1 N–H and O–H groups in total. The second kappa shape index (κ2) is 8.45. The van der Waals surface area contributed by atoms with Gasteiger partial charge in [-0.25, -0.2) is 0 Å². The molecule has 1 atom stereocenters. The predicted molar refractivity (Wildman–Crippen MR) is 74.5 cm³/mol. The molecule has 0 aliphatic heterocycles. The van der Waals surface area contributed by atoms with Crippen molar-refractivity contribution in [1.29, 1.82) is 0 Å². The number of rotatable bonds is 8. The van der Waals surface area contributed by atoms with Crippen LogP contribution in [0.5, 0.6) is 5.75 Å². The van der Waals surface area contributed by atoms with Crippen LogP contribution in [-0.2, 0) is 4.74 Å². The Kier molecular flexibility index (Phi) is 6.77. The number of hydrogen-bond acceptors (Lipinski definition) is 3. The highest BCUT2D eigenvalue weighted by atomic mass is 16.5. The SMILES string of the molecule is CCC/C(=C/NC)OC(C)COc1ccccc1. The lowest BCUT2D eigenvalue weighted by Crippen LogP contribution is -2.18. The highest BCUT2D eigenvalue weighted by Crippen LogP contribution is 2.12. The molecule has 1 rings (SSSR count). The molecule has 0 bridgehead atoms. The third-order valence-corrected chi connectivity index (χ3v) is 2.38. The van der Waals surface area contributed by atoms with E-state index in [4.69, 9.17) is 9.47 Å². The van der Waals surface area contributed by atoms with Gasteiger partial charge in [-0.1, -0.05) is 25.1 Å². The van der Waals surface area contributed by atoms with Crippen LogP contribution in [0, 0.1) is 0 Å². The number of allylic oxidation sites excluding steroid dienone is 1. The molecule has 0 radical (unpaired) electrons. The van der Waals surface area contributed by atoms with Gasteiger partial charge >= 0.3 is 0 Å². The number of benzene rings is 1. The Morgan fingerprint density at radius 3 is 2.67 bits per heavy atom. The average Bonchev–Trinajstić information content (AvgIpc) is 2.38. The highest BCUT2D eigenvalue weighted by molar-refractivity contribution is 5.20. The van der Waals surface area contributed by atoms with Crippen molar-refractivity contribution in [2.45, 2.75) is 32.8 Å². The van der Waals surface area contributed by atoms with E-state index < -0.39 is 0 Å². The smallest absolute Gasteiger partial charge is 0.129 e. The molecule has 3 nitrogen and oxygen atoms in total. The van der Waals surface area contributed by atoms with E-state index >= 15 is 0 Å². The Hall–Kier alpha value is -1.64. The van der Waals surface area contributed by atoms with Gasteiger partial charge in [0, 0.05) is 19.7 Å². The number of ether oxygens (including phenoxy) is 2. The van der Waals surface area contributed by atoms with Crippen LogP contribution in [0.25, 0.3) is 0 Å². The van der Waals surface area contributed by atoms with Crippen LogP contribution in [-0.4, -0.2) is 19.8 Å². The lowest BCUT2D eigenvalue weighted by Gasteiger charge is -2.17. The Morgan fingerprint density at radius 1 is 1.33 bits per heavy atom. The van der Waals surface area contributed by atoms with Gasteiger partial charge in [0.2, 0.25) is 0 Å². The second-order valence-corrected chi connectivity index (χ2v) is 4.20. The maximum Gasteiger partial charge on any atom is 0.129 e. The van der Waals surface area contributed by atoms with E-state index in [1.165, 1.54) is 0 Å². The van der Waals surface area contributed by atoms with Gasteiger partial charge in [-0.2, -0.15) is 0 Å². The van der Waals surface area contributed by atoms with Crippen molar-refractivity contribution in [3.63, 3.8) is 0 Å². The van der Waals surface area contributed by atoms with Gasteiger partial charge in [-0.15, -0.1) is 0 Å². The van der Waals surface area contributed by atoms with E-state index in [0.29, 0.717) is 6.61 Å². The van der Waals surface area contributed by atoms with E-state index in [1.807, 2.05) is 50.5 Å². The summed E-state index contributed by atoms with van der Waals surface area (Å²) < 4.78 is 11.5. The average molecular weight is 249 g/mol. The van der Waals surface area contributed by atoms with Crippen LogP contribution in [0.15, 0.2) is 42.3 Å². The minimum atomic E-state index is 0.0383. The summed E-state index contributed by atoms with van der Waals surface area (Å²) in [5.41, 5.74) is 0. The zero-order valence-corrected chi connectivity index (χ0v) is 11.5. The summed E-state index contributed by atoms with van der Waals surface area (Å²) in [5.74, 6) is 1.85. The minimum Gasteiger partial charge on any atom is -0.490 e. The van der Waals surface area contributed by atoms with Crippen molar-refractivity contribution < 1.29 is 9.47 Å². The zero-order chi connectivity index (χ0) is 13.2. The molecule has 0 fully saturated rings. The zero-order valence-electron chi connectivity index (χ0n) is 11.5. The molecular weight excluding hydrogens is 226 g/mol. The summed E-state index contributed by atoms with van der Waals surface area (Å²) in [5, 5.41) is 3.00. The standard InChI is InChI=1S/C15H23NO2/c1-4-8-15(11-16-3)18-13(2)12-17-14-9-6-5-7-10-14/h5-7,9-11,13,16H,4,8,12H2,1-3H3/b15-11-. The Balaban J connectivity index is 2.36. The fraction of sp³-hybridized carbons (Fsp3) is 0.467. The molecular formula is C15H23NO2. The summed E-state index contributed by atoms with van der Waals surface area (Å²) in [4.78, 5) is 0. The second-order valence-electron chi connectivity index (χ2n) is 4.20. The van der Waals surface area contributed by atoms with E-state index in [2.05, 4.69) is 12.2 Å². The first-order chi connectivity index (χ1) is 8.76. The summed E-state index contributed by atoms with van der Waals surface area (Å²) in [6.45, 7) is 4.70. The predicted octanol–water partition coefficient (Wildman–Crippen LogP) is 3.33. The van der Waals surface area contributed by atoms with E-state index in [0.717, 1.165) is 24.4 Å². The van der Waals surface area contributed by atoms with Crippen LogP contribution < -0.4 is 10.1 Å². The summed E-state index contributed by atoms with van der Waals surface area (Å²) >= 11 is 0. The van der Waals surface area contributed by atoms with Crippen LogP contribution >= 0.6 is 0 Å². The van der Waals surface area contributed by atoms with Crippen LogP contribution in [0.2, 0.25) is 0 Å². The van der Waals surface area contributed by atoms with Gasteiger partial charge in [0.05, 0.1) is 0 Å². The van der Waals surface area contributed by atoms with Crippen LogP contribution in [0.3, 0.4) is 0 Å². The van der Waals surface area contributed by atoms with Gasteiger partial charge in [0.15, 0.2) is 0 Å². The molecule has 0 heterocycles. The van der Waals surface area contributed by atoms with Crippen molar-refractivity contribution in [3.05, 3.63) is 42.3 Å². The first-order valence-corrected chi connectivity index (χ1v) is 6.47. The molecule has 1 aromatic rings. The molecule has 0 saturated carbocycles. The van der Waals surface area contributed by atoms with Crippen molar-refractivity contribution >= 4 is 0 Å². The fourth-order valence-corrected chi connectivity index (χ4v) is 1.60. The van der Waals surface area contributed by atoms with E-state index in [9.17, 15) is 0 Å². The molecule has 1 aromatic carbocycles. The third-order valence-electron chi connectivity index (χ3n) is 2.38. The Bertz CT molecular complexity index is 349. The van der Waals surface area contributed by atoms with Crippen molar-refractivity contribution in [3.8, 4) is 5.75 Å². The lowest BCUT2D eigenvalue weighted by atomic mass is 10.3. The molecule has 0 aliphatic rings. The minimum absolute atomic E-state index is 0.0383. The van der Waals surface area contributed by atoms with Crippen molar-refractivity contribution in [1.82, 2.24) is 5.32 Å². The molecule has 0 saturated heterocycles. The summed E-state index contributed by atoms with van der Waals surface area (Å²) in [6.07, 6.45) is 3.95. The molecule has 0 spiro atoms. The molecule has 1 unspecified atom stereocenters. The summed E-state index contributed by atoms with van der Waals surface area (Å²) in [7, 11) is 1.88. The Labute approximate surface area is 110 Å². The molecule has 18 heavy (non-hydrogen) atoms. The van der Waals surface area contributed by atoms with E-state index in [1.54, 1.807) is 0 Å². The number of para-hydroxylation sites is 1. The largest absolute Gasteiger partial charge is 0.490 e. The molecule has 0 aliphatic carbocycles. The van der Waals surface area contributed by atoms with Gasteiger partial charge in [0.1, 0.15) is 24.2 Å². The van der Waals surface area contributed by atoms with Crippen LogP contribution in [0.1, 0.15) is 26.7 Å². The maximum absolute atomic E-state index is 5.83. The van der Waals surface area contributed by atoms with Gasteiger partial charge in [-0.05, 0) is 25.5 Å². The van der Waals surface area contributed by atoms with Gasteiger partial charge in [0.25, 0.3) is 0 Å². The van der Waals surface area contributed by atoms with E-state index in [-0.39, 0.29) is 6.10 Å². The number of nitrogens with one attached hydrogen (secondary N) is 1. The monoisotopic (exact) mass is 249 g/mol. The normalized spacial score (nSPS) is 12.9. The summed E-state index contributed by atoms with van der Waals surface area (Å²) in [6, 6.07) is 9.79. The third kappa shape index (κ3) is 5.62. The molecule has 100 valence electrons. The Morgan fingerprint density at radius 2 is 2.06 bits per heavy atom. The number of hydrogen-bond donors (Lipinski definition) is 1. The fourth-order valence-electron chi connectivity index (χ4n) is 1.60. The molecule has 0 amide bonds. The molecule has 0 aromatic heterocycles. The lowest BCUT2D eigenvalue weighted by molar-refractivity contribution is 0.0760. The quantitative estimate of drug-likeness (QED) is 0.717. The van der Waals surface area contributed by atoms with Crippen molar-refractivity contribution in [2.75, 3.05) is 13.7 Å². The molecule has 3 heteroatoms. The van der Waals surface area contributed by atoms with Gasteiger partial charge in [-0.3, -0.25) is 0 Å². The maximum atomic E-state index is 5.83. The topological polar surface area (TPSA) is 30.5 Å².